The van der Waals surface area contributed by atoms with Gasteiger partial charge in [0.2, 0.25) is 0 Å². The Hall–Kier alpha value is -4.36. The lowest BCUT2D eigenvalue weighted by Crippen LogP contribution is -2.58. The van der Waals surface area contributed by atoms with Gasteiger partial charge in [-0.25, -0.2) is 4.79 Å². The van der Waals surface area contributed by atoms with E-state index in [2.05, 4.69) is 26.0 Å². The standard InChI is InChI=1S/C37H51ClN4O14/c1-48-18-4-16-40-17-20-49-33-15-6-26(21-32(33)40)24-51-34-22-39-23-35(55-37(43)50-19-3-2-5-31(56-42(46)47)25-52-41(44)45)36(34)54-30-13-11-29(12-14-30)53-28-9-7-27(38)8-10-28/h6-10,15,21,29-31,34-36,39H,2-5,11-14,16-20,22-25H2,1H3. The minimum Gasteiger partial charge on any atom is -0.490 e. The monoisotopic (exact) mass is 810 g/mol. The molecule has 1 saturated heterocycles. The Morgan fingerprint density at radius 1 is 0.982 bits per heavy atom. The summed E-state index contributed by atoms with van der Waals surface area (Å²) in [6.07, 6.45) is 0.695. The number of rotatable bonds is 22. The average Bonchev–Trinajstić information content (AvgIpc) is 3.18. The van der Waals surface area contributed by atoms with Crippen molar-refractivity contribution in [3.05, 3.63) is 73.3 Å². The van der Waals surface area contributed by atoms with E-state index in [0.717, 1.165) is 67.9 Å². The molecule has 0 spiro atoms. The van der Waals surface area contributed by atoms with Crippen molar-refractivity contribution in [3.63, 3.8) is 0 Å². The largest absolute Gasteiger partial charge is 0.508 e. The van der Waals surface area contributed by atoms with Gasteiger partial charge in [0, 0.05) is 38.4 Å². The van der Waals surface area contributed by atoms with Crippen molar-refractivity contribution in [3.8, 4) is 11.5 Å². The molecule has 56 heavy (non-hydrogen) atoms. The van der Waals surface area contributed by atoms with Crippen LogP contribution in [-0.2, 0) is 40.0 Å². The first-order chi connectivity index (χ1) is 27.2. The van der Waals surface area contributed by atoms with Gasteiger partial charge < -0.3 is 53.0 Å². The Kier molecular flexibility index (Phi) is 17.1. The van der Waals surface area contributed by atoms with Crippen LogP contribution >= 0.6 is 11.6 Å². The number of ether oxygens (including phenoxy) is 7. The van der Waals surface area contributed by atoms with Crippen molar-refractivity contribution in [2.75, 3.05) is 64.6 Å². The lowest BCUT2D eigenvalue weighted by Gasteiger charge is -2.40. The molecular weight excluding hydrogens is 760 g/mol. The Labute approximate surface area is 330 Å². The molecule has 2 fully saturated rings. The predicted octanol–water partition coefficient (Wildman–Crippen LogP) is 5.32. The number of hydrogen-bond acceptors (Lipinski definition) is 16. The topological polar surface area (TPSA) is 202 Å². The fourth-order valence-electron chi connectivity index (χ4n) is 6.95. The maximum absolute atomic E-state index is 12.9. The predicted molar refractivity (Wildman–Crippen MR) is 200 cm³/mol. The smallest absolute Gasteiger partial charge is 0.490 e. The number of anilines is 1. The molecule has 2 aliphatic heterocycles. The molecule has 1 saturated carbocycles. The van der Waals surface area contributed by atoms with E-state index in [-0.39, 0.29) is 31.8 Å². The number of piperidine rings is 1. The first-order valence-electron chi connectivity index (χ1n) is 19.0. The van der Waals surface area contributed by atoms with E-state index in [1.54, 1.807) is 19.2 Å². The fraction of sp³-hybridized carbons (Fsp3) is 0.649. The van der Waals surface area contributed by atoms with E-state index in [1.807, 2.05) is 24.3 Å². The number of nitrogens with zero attached hydrogens (tertiary/aromatic N) is 3. The van der Waals surface area contributed by atoms with E-state index in [4.69, 9.17) is 44.8 Å². The molecule has 2 heterocycles. The van der Waals surface area contributed by atoms with Gasteiger partial charge in [0.05, 0.1) is 37.7 Å². The molecule has 0 amide bonds. The number of nitrogens with one attached hydrogen (secondary N) is 1. The van der Waals surface area contributed by atoms with Crippen LogP contribution in [0.5, 0.6) is 11.5 Å². The fourth-order valence-corrected chi connectivity index (χ4v) is 7.08. The molecular formula is C37H51ClN4O14. The zero-order valence-corrected chi connectivity index (χ0v) is 32.2. The van der Waals surface area contributed by atoms with Crippen molar-refractivity contribution < 1.29 is 57.8 Å². The molecule has 19 heteroatoms. The van der Waals surface area contributed by atoms with Gasteiger partial charge in [-0.1, -0.05) is 17.7 Å². The van der Waals surface area contributed by atoms with Gasteiger partial charge in [-0.05, 0) is 93.3 Å². The second-order valence-electron chi connectivity index (χ2n) is 13.8. The Balaban J connectivity index is 1.17. The molecule has 3 aliphatic rings. The third-order valence-corrected chi connectivity index (χ3v) is 9.98. The van der Waals surface area contributed by atoms with E-state index < -0.39 is 47.4 Å². The molecule has 1 aliphatic carbocycles. The van der Waals surface area contributed by atoms with Gasteiger partial charge in [0.25, 0.3) is 10.2 Å². The summed E-state index contributed by atoms with van der Waals surface area (Å²) in [5, 5.41) is 23.1. The quantitative estimate of drug-likeness (QED) is 0.0693. The Morgan fingerprint density at radius 3 is 2.50 bits per heavy atom. The van der Waals surface area contributed by atoms with Gasteiger partial charge >= 0.3 is 6.16 Å². The Bertz CT molecular complexity index is 1530. The summed E-state index contributed by atoms with van der Waals surface area (Å²) < 4.78 is 41.7. The van der Waals surface area contributed by atoms with Crippen molar-refractivity contribution in [2.24, 2.45) is 0 Å². The second-order valence-corrected chi connectivity index (χ2v) is 14.2. The van der Waals surface area contributed by atoms with Crippen LogP contribution in [0, 0.1) is 20.2 Å². The van der Waals surface area contributed by atoms with Crippen molar-refractivity contribution in [1.82, 2.24) is 5.32 Å². The molecule has 4 unspecified atom stereocenters. The number of carbonyl (C=O) groups is 1. The molecule has 4 atom stereocenters. The lowest BCUT2D eigenvalue weighted by atomic mass is 9.94. The molecule has 2 aromatic carbocycles. The van der Waals surface area contributed by atoms with E-state index in [9.17, 15) is 25.0 Å². The van der Waals surface area contributed by atoms with E-state index >= 15 is 0 Å². The molecule has 2 aromatic rings. The number of fused-ring (bicyclic) bond motifs is 1. The minimum atomic E-state index is -1.14. The van der Waals surface area contributed by atoms with Crippen molar-refractivity contribution in [2.45, 2.75) is 94.6 Å². The zero-order chi connectivity index (χ0) is 39.7. The molecule has 0 bridgehead atoms. The maximum atomic E-state index is 12.9. The van der Waals surface area contributed by atoms with Crippen molar-refractivity contribution >= 4 is 23.4 Å². The summed E-state index contributed by atoms with van der Waals surface area (Å²) in [6, 6.07) is 13.3. The SMILES string of the molecule is COCCCN1CCOc2ccc(COC3CNCC(OC(=O)OCCCCC(CO[N+](=O)[O-])O[N+](=O)[O-])C3OC3CCC(Oc4ccc(Cl)cc4)CC3)cc21. The summed E-state index contributed by atoms with van der Waals surface area (Å²) >= 11 is 6.03. The molecule has 0 aromatic heterocycles. The summed E-state index contributed by atoms with van der Waals surface area (Å²) in [6.45, 7) is 3.34. The lowest BCUT2D eigenvalue weighted by molar-refractivity contribution is -0.790. The summed E-state index contributed by atoms with van der Waals surface area (Å²) in [4.78, 5) is 45.1. The highest BCUT2D eigenvalue weighted by atomic mass is 35.5. The van der Waals surface area contributed by atoms with Gasteiger partial charge in [0.15, 0.2) is 0 Å². The third-order valence-electron chi connectivity index (χ3n) is 9.72. The summed E-state index contributed by atoms with van der Waals surface area (Å²) in [5.74, 6) is 1.59. The number of benzene rings is 2. The van der Waals surface area contributed by atoms with E-state index in [1.165, 1.54) is 0 Å². The number of halogens is 1. The van der Waals surface area contributed by atoms with Crippen LogP contribution in [0.25, 0.3) is 0 Å². The molecule has 1 N–H and O–H groups in total. The van der Waals surface area contributed by atoms with Gasteiger partial charge in [-0.15, -0.1) is 20.2 Å². The highest BCUT2D eigenvalue weighted by Gasteiger charge is 2.40. The summed E-state index contributed by atoms with van der Waals surface area (Å²) in [7, 11) is 1.70. The number of methoxy groups -OCH3 is 1. The zero-order valence-electron chi connectivity index (χ0n) is 31.5. The van der Waals surface area contributed by atoms with Gasteiger partial charge in [0.1, 0.15) is 49.1 Å². The highest BCUT2D eigenvalue weighted by molar-refractivity contribution is 6.30. The highest BCUT2D eigenvalue weighted by Crippen LogP contribution is 2.34. The molecule has 18 nitrogen and oxygen atoms in total. The van der Waals surface area contributed by atoms with Crippen LogP contribution in [0.3, 0.4) is 0 Å². The van der Waals surface area contributed by atoms with Crippen LogP contribution in [0.2, 0.25) is 5.02 Å². The van der Waals surface area contributed by atoms with Crippen LogP contribution < -0.4 is 19.7 Å². The normalized spacial score (nSPS) is 22.5. The van der Waals surface area contributed by atoms with Crippen LogP contribution in [-0.4, -0.2) is 113 Å². The van der Waals surface area contributed by atoms with E-state index in [0.29, 0.717) is 44.2 Å². The van der Waals surface area contributed by atoms with Crippen LogP contribution in [0.1, 0.15) is 56.9 Å². The number of hydrogen-bond donors (Lipinski definition) is 1. The van der Waals surface area contributed by atoms with Crippen LogP contribution in [0.4, 0.5) is 10.5 Å². The first-order valence-corrected chi connectivity index (χ1v) is 19.4. The molecule has 310 valence electrons. The van der Waals surface area contributed by atoms with Crippen molar-refractivity contribution in [1.29, 1.82) is 0 Å². The summed E-state index contributed by atoms with van der Waals surface area (Å²) in [5.41, 5.74) is 1.97. The molecule has 5 rings (SSSR count). The first kappa shape index (κ1) is 42.8. The number of carbonyl (C=O) groups excluding carboxylic acids is 1. The number of unbranched alkanes of at least 4 members (excludes halogenated alkanes) is 1. The van der Waals surface area contributed by atoms with Gasteiger partial charge in [-0.2, -0.15) is 0 Å². The maximum Gasteiger partial charge on any atom is 0.508 e. The Morgan fingerprint density at radius 2 is 1.75 bits per heavy atom. The minimum absolute atomic E-state index is 0.0298. The second kappa shape index (κ2) is 22.4. The van der Waals surface area contributed by atoms with Crippen LogP contribution in [0.15, 0.2) is 42.5 Å². The molecule has 0 radical (unpaired) electrons. The third kappa shape index (κ3) is 14.0. The average molecular weight is 811 g/mol. The van der Waals surface area contributed by atoms with Gasteiger partial charge in [-0.3, -0.25) is 0 Å².